The molecule has 0 saturated carbocycles. The average molecular weight is 344 g/mol. The summed E-state index contributed by atoms with van der Waals surface area (Å²) in [5, 5.41) is 19.6. The fraction of sp³-hybridized carbons (Fsp3) is 0.375. The molecule has 0 unspecified atom stereocenters. The van der Waals surface area contributed by atoms with Crippen LogP contribution in [-0.2, 0) is 4.79 Å². The highest BCUT2D eigenvalue weighted by Crippen LogP contribution is 2.36. The minimum Gasteiger partial charge on any atom is -0.481 e. The molecule has 9 heteroatoms. The number of amides is 1. The Labute approximate surface area is 142 Å². The normalized spacial score (nSPS) is 21.5. The third-order valence-electron chi connectivity index (χ3n) is 4.60. The number of carbonyl (C=O) groups is 2. The minimum absolute atomic E-state index is 0.0254. The van der Waals surface area contributed by atoms with E-state index in [9.17, 15) is 9.59 Å². The van der Waals surface area contributed by atoms with Gasteiger partial charge in [-0.3, -0.25) is 9.59 Å². The Hall–Kier alpha value is -3.10. The Bertz CT molecular complexity index is 807. The molecule has 3 heterocycles. The SMILES string of the molecule is O=C(O)C[C@H]1CN(C(=O)c2ccc3c(c2)OCO3)C[C@H]1c1cn[nH]n1. The lowest BCUT2D eigenvalue weighted by atomic mass is 9.91. The number of hydrogen-bond donors (Lipinski definition) is 2. The monoisotopic (exact) mass is 344 g/mol. The zero-order chi connectivity index (χ0) is 17.4. The molecular weight excluding hydrogens is 328 g/mol. The number of nitrogens with one attached hydrogen (secondary N) is 1. The Morgan fingerprint density at radius 2 is 2.12 bits per heavy atom. The maximum atomic E-state index is 12.8. The Morgan fingerprint density at radius 1 is 1.28 bits per heavy atom. The van der Waals surface area contributed by atoms with Crippen LogP contribution in [0.1, 0.15) is 28.4 Å². The van der Waals surface area contributed by atoms with Gasteiger partial charge in [0.15, 0.2) is 11.5 Å². The first-order valence-corrected chi connectivity index (χ1v) is 7.88. The minimum atomic E-state index is -0.893. The van der Waals surface area contributed by atoms with Crippen LogP contribution >= 0.6 is 0 Å². The summed E-state index contributed by atoms with van der Waals surface area (Å²) in [6.07, 6.45) is 1.55. The van der Waals surface area contributed by atoms with E-state index >= 15 is 0 Å². The summed E-state index contributed by atoms with van der Waals surface area (Å²) in [5.41, 5.74) is 1.16. The lowest BCUT2D eigenvalue weighted by Crippen LogP contribution is -2.29. The summed E-state index contributed by atoms with van der Waals surface area (Å²) in [6, 6.07) is 5.04. The first-order chi connectivity index (χ1) is 12.1. The third kappa shape index (κ3) is 2.88. The van der Waals surface area contributed by atoms with E-state index in [0.29, 0.717) is 35.8 Å². The number of rotatable bonds is 4. The number of aliphatic carboxylic acids is 1. The zero-order valence-electron chi connectivity index (χ0n) is 13.2. The van der Waals surface area contributed by atoms with Crippen LogP contribution in [-0.4, -0.2) is 57.2 Å². The van der Waals surface area contributed by atoms with E-state index in [1.807, 2.05) is 0 Å². The number of H-pyrrole nitrogens is 1. The van der Waals surface area contributed by atoms with Crippen molar-refractivity contribution in [1.29, 1.82) is 0 Å². The number of benzene rings is 1. The van der Waals surface area contributed by atoms with Crippen molar-refractivity contribution in [3.63, 3.8) is 0 Å². The van der Waals surface area contributed by atoms with E-state index in [0.717, 1.165) is 0 Å². The lowest BCUT2D eigenvalue weighted by molar-refractivity contribution is -0.138. The van der Waals surface area contributed by atoms with Crippen LogP contribution < -0.4 is 9.47 Å². The molecule has 1 fully saturated rings. The van der Waals surface area contributed by atoms with Gasteiger partial charge in [0.05, 0.1) is 18.3 Å². The van der Waals surface area contributed by atoms with E-state index in [1.54, 1.807) is 29.3 Å². The molecule has 1 saturated heterocycles. The summed E-state index contributed by atoms with van der Waals surface area (Å²) >= 11 is 0. The van der Waals surface area contributed by atoms with Crippen LogP contribution in [0.2, 0.25) is 0 Å². The van der Waals surface area contributed by atoms with Gasteiger partial charge < -0.3 is 19.5 Å². The fourth-order valence-electron chi connectivity index (χ4n) is 3.40. The van der Waals surface area contributed by atoms with Crippen LogP contribution in [0.5, 0.6) is 11.5 Å². The van der Waals surface area contributed by atoms with Crippen LogP contribution in [0.25, 0.3) is 0 Å². The van der Waals surface area contributed by atoms with Gasteiger partial charge in [0.25, 0.3) is 5.91 Å². The predicted octanol–water partition coefficient (Wildman–Crippen LogP) is 0.864. The molecule has 130 valence electrons. The molecular formula is C16H16N4O5. The highest BCUT2D eigenvalue weighted by atomic mass is 16.7. The molecule has 2 atom stereocenters. The number of carboxylic acids is 1. The van der Waals surface area contributed by atoms with Crippen molar-refractivity contribution in [3.05, 3.63) is 35.7 Å². The van der Waals surface area contributed by atoms with Crippen molar-refractivity contribution in [2.24, 2.45) is 5.92 Å². The summed E-state index contributed by atoms with van der Waals surface area (Å²) in [5.74, 6) is -0.272. The number of likely N-dealkylation sites (tertiary alicyclic amines) is 1. The standard InChI is InChI=1S/C16H16N4O5/c21-15(22)4-10-6-20(7-11(10)12-5-17-19-18-12)16(23)9-1-2-13-14(3-9)25-8-24-13/h1-3,5,10-11H,4,6-8H2,(H,21,22)(H,17,18,19)/t10-,11+/m0/s1. The highest BCUT2D eigenvalue weighted by molar-refractivity contribution is 5.95. The molecule has 2 aromatic rings. The van der Waals surface area contributed by atoms with Crippen LogP contribution in [0.15, 0.2) is 24.4 Å². The first kappa shape index (κ1) is 15.4. The van der Waals surface area contributed by atoms with Gasteiger partial charge in [-0.1, -0.05) is 0 Å². The number of fused-ring (bicyclic) bond motifs is 1. The zero-order valence-corrected chi connectivity index (χ0v) is 13.2. The molecule has 2 aliphatic rings. The maximum Gasteiger partial charge on any atom is 0.303 e. The number of carbonyl (C=O) groups excluding carboxylic acids is 1. The number of nitrogens with zero attached hydrogens (tertiary/aromatic N) is 3. The summed E-state index contributed by atoms with van der Waals surface area (Å²) in [4.78, 5) is 25.7. The average Bonchev–Trinajstić information content (AvgIpc) is 3.32. The van der Waals surface area contributed by atoms with Gasteiger partial charge in [-0.05, 0) is 24.1 Å². The molecule has 1 aromatic heterocycles. The van der Waals surface area contributed by atoms with Crippen molar-refractivity contribution in [2.75, 3.05) is 19.9 Å². The van der Waals surface area contributed by atoms with Crippen molar-refractivity contribution in [2.45, 2.75) is 12.3 Å². The molecule has 25 heavy (non-hydrogen) atoms. The van der Waals surface area contributed by atoms with Gasteiger partial charge >= 0.3 is 5.97 Å². The summed E-state index contributed by atoms with van der Waals surface area (Å²) in [7, 11) is 0. The largest absolute Gasteiger partial charge is 0.481 e. The number of carboxylic acid groups (broad SMARTS) is 1. The van der Waals surface area contributed by atoms with Gasteiger partial charge in [0.2, 0.25) is 6.79 Å². The van der Waals surface area contributed by atoms with Crippen molar-refractivity contribution in [1.82, 2.24) is 20.3 Å². The summed E-state index contributed by atoms with van der Waals surface area (Å²) < 4.78 is 10.6. The topological polar surface area (TPSA) is 118 Å². The lowest BCUT2D eigenvalue weighted by Gasteiger charge is -2.16. The smallest absolute Gasteiger partial charge is 0.303 e. The second-order valence-electron chi connectivity index (χ2n) is 6.14. The van der Waals surface area contributed by atoms with Crippen LogP contribution in [0.4, 0.5) is 0 Å². The Balaban J connectivity index is 1.56. The maximum absolute atomic E-state index is 12.8. The van der Waals surface area contributed by atoms with Gasteiger partial charge in [0, 0.05) is 24.6 Å². The Morgan fingerprint density at radius 3 is 2.88 bits per heavy atom. The first-order valence-electron chi connectivity index (χ1n) is 7.88. The van der Waals surface area contributed by atoms with Crippen LogP contribution in [0, 0.1) is 5.92 Å². The van der Waals surface area contributed by atoms with Gasteiger partial charge in [0.1, 0.15) is 0 Å². The number of ether oxygens (including phenoxy) is 2. The predicted molar refractivity (Wildman–Crippen MR) is 83.3 cm³/mol. The second-order valence-corrected chi connectivity index (χ2v) is 6.14. The molecule has 2 aliphatic heterocycles. The number of aromatic amines is 1. The molecule has 0 radical (unpaired) electrons. The quantitative estimate of drug-likeness (QED) is 0.844. The summed E-state index contributed by atoms with van der Waals surface area (Å²) in [6.45, 7) is 0.903. The molecule has 4 rings (SSSR count). The molecule has 1 aromatic carbocycles. The fourth-order valence-corrected chi connectivity index (χ4v) is 3.40. The van der Waals surface area contributed by atoms with Crippen molar-refractivity contribution in [3.8, 4) is 11.5 Å². The highest BCUT2D eigenvalue weighted by Gasteiger charge is 2.39. The Kier molecular flexibility index (Phi) is 3.75. The van der Waals surface area contributed by atoms with E-state index < -0.39 is 5.97 Å². The van der Waals surface area contributed by atoms with E-state index in [-0.39, 0.29) is 31.0 Å². The van der Waals surface area contributed by atoms with E-state index in [2.05, 4.69) is 15.4 Å². The van der Waals surface area contributed by atoms with E-state index in [4.69, 9.17) is 14.6 Å². The van der Waals surface area contributed by atoms with Gasteiger partial charge in [-0.15, -0.1) is 0 Å². The molecule has 0 bridgehead atoms. The van der Waals surface area contributed by atoms with Gasteiger partial charge in [-0.25, -0.2) is 0 Å². The second kappa shape index (κ2) is 6.08. The molecule has 9 nitrogen and oxygen atoms in total. The van der Waals surface area contributed by atoms with Crippen molar-refractivity contribution >= 4 is 11.9 Å². The van der Waals surface area contributed by atoms with Crippen molar-refractivity contribution < 1.29 is 24.2 Å². The third-order valence-corrected chi connectivity index (χ3v) is 4.60. The number of hydrogen-bond acceptors (Lipinski definition) is 6. The molecule has 2 N–H and O–H groups in total. The molecule has 0 spiro atoms. The van der Waals surface area contributed by atoms with Crippen LogP contribution in [0.3, 0.4) is 0 Å². The molecule has 0 aliphatic carbocycles. The number of aromatic nitrogens is 3. The van der Waals surface area contributed by atoms with E-state index in [1.165, 1.54) is 0 Å². The van der Waals surface area contributed by atoms with Gasteiger partial charge in [-0.2, -0.15) is 15.4 Å². The molecule has 1 amide bonds.